The predicted octanol–water partition coefficient (Wildman–Crippen LogP) is 2.58. The second-order valence-corrected chi connectivity index (χ2v) is 8.73. The molecule has 2 aromatic carbocycles. The molecule has 0 saturated carbocycles. The van der Waals surface area contributed by atoms with Gasteiger partial charge in [0.25, 0.3) is 0 Å². The van der Waals surface area contributed by atoms with Gasteiger partial charge >= 0.3 is 5.97 Å². The van der Waals surface area contributed by atoms with Gasteiger partial charge in [-0.15, -0.1) is 0 Å². The van der Waals surface area contributed by atoms with Gasteiger partial charge in [-0.1, -0.05) is 0 Å². The molecule has 0 aromatic heterocycles. The van der Waals surface area contributed by atoms with Crippen LogP contribution in [0.25, 0.3) is 0 Å². The van der Waals surface area contributed by atoms with E-state index in [1.165, 1.54) is 24.3 Å². The van der Waals surface area contributed by atoms with Crippen LogP contribution in [-0.4, -0.2) is 52.6 Å². The lowest BCUT2D eigenvalue weighted by molar-refractivity contribution is 0.0474. The molecule has 1 N–H and O–H groups in total. The molecule has 0 aliphatic carbocycles. The third-order valence-corrected chi connectivity index (χ3v) is 6.19. The van der Waals surface area contributed by atoms with E-state index in [4.69, 9.17) is 14.2 Å². The van der Waals surface area contributed by atoms with Crippen LogP contribution in [0.1, 0.15) is 40.5 Å². The van der Waals surface area contributed by atoms with Crippen molar-refractivity contribution < 1.29 is 32.2 Å². The van der Waals surface area contributed by atoms with Crippen LogP contribution in [0.15, 0.2) is 53.4 Å². The van der Waals surface area contributed by atoms with E-state index in [0.717, 1.165) is 12.8 Å². The van der Waals surface area contributed by atoms with Crippen molar-refractivity contribution in [3.05, 3.63) is 59.7 Å². The van der Waals surface area contributed by atoms with E-state index < -0.39 is 22.6 Å². The standard InChI is InChI=1S/C22H25NO7S/c1-2-28-18-9-5-16(6-10-18)21(24)15-30-22(25)17-7-11-20(12-8-17)31(26,27)23-14-19-4-3-13-29-19/h5-12,19,23H,2-4,13-15H2,1H3. The van der Waals surface area contributed by atoms with E-state index >= 15 is 0 Å². The smallest absolute Gasteiger partial charge is 0.338 e. The van der Waals surface area contributed by atoms with Crippen molar-refractivity contribution in [2.75, 3.05) is 26.4 Å². The van der Waals surface area contributed by atoms with Gasteiger partial charge in [-0.05, 0) is 68.3 Å². The molecule has 1 fully saturated rings. The first-order valence-electron chi connectivity index (χ1n) is 10.0. The Morgan fingerprint density at radius 3 is 2.35 bits per heavy atom. The number of carbonyl (C=O) groups excluding carboxylic acids is 2. The first-order valence-corrected chi connectivity index (χ1v) is 11.5. The largest absolute Gasteiger partial charge is 0.494 e. The molecule has 0 radical (unpaired) electrons. The fourth-order valence-electron chi connectivity index (χ4n) is 3.06. The van der Waals surface area contributed by atoms with Crippen molar-refractivity contribution >= 4 is 21.8 Å². The monoisotopic (exact) mass is 447 g/mol. The molecule has 166 valence electrons. The van der Waals surface area contributed by atoms with Gasteiger partial charge in [0.05, 0.1) is 23.2 Å². The molecule has 1 saturated heterocycles. The molecule has 1 unspecified atom stereocenters. The number of esters is 1. The average Bonchev–Trinajstić information content (AvgIpc) is 3.30. The van der Waals surface area contributed by atoms with Crippen LogP contribution in [0, 0.1) is 0 Å². The molecule has 1 heterocycles. The Bertz CT molecular complexity index is 995. The van der Waals surface area contributed by atoms with E-state index in [1.807, 2.05) is 6.92 Å². The number of ether oxygens (including phenoxy) is 3. The third kappa shape index (κ3) is 6.36. The minimum absolute atomic E-state index is 0.0347. The van der Waals surface area contributed by atoms with Crippen LogP contribution in [0.4, 0.5) is 0 Å². The summed E-state index contributed by atoms with van der Waals surface area (Å²) >= 11 is 0. The number of ketones is 1. The molecule has 1 atom stereocenters. The quantitative estimate of drug-likeness (QED) is 0.440. The Morgan fingerprint density at radius 1 is 1.06 bits per heavy atom. The number of hydrogen-bond donors (Lipinski definition) is 1. The van der Waals surface area contributed by atoms with Crippen molar-refractivity contribution in [1.29, 1.82) is 0 Å². The number of carbonyl (C=O) groups is 2. The van der Waals surface area contributed by atoms with E-state index in [0.29, 0.717) is 24.5 Å². The van der Waals surface area contributed by atoms with Crippen LogP contribution in [0.3, 0.4) is 0 Å². The highest BCUT2D eigenvalue weighted by atomic mass is 32.2. The lowest BCUT2D eigenvalue weighted by atomic mass is 10.1. The molecule has 8 nitrogen and oxygen atoms in total. The van der Waals surface area contributed by atoms with Gasteiger partial charge in [0, 0.05) is 18.7 Å². The maximum absolute atomic E-state index is 12.4. The molecule has 31 heavy (non-hydrogen) atoms. The van der Waals surface area contributed by atoms with Gasteiger partial charge in [0.2, 0.25) is 10.0 Å². The van der Waals surface area contributed by atoms with E-state index in [9.17, 15) is 18.0 Å². The fourth-order valence-corrected chi connectivity index (χ4v) is 4.13. The summed E-state index contributed by atoms with van der Waals surface area (Å²) in [5, 5.41) is 0. The number of Topliss-reactive ketones (excluding diaryl/α,β-unsaturated/α-hetero) is 1. The molecule has 1 aliphatic heterocycles. The summed E-state index contributed by atoms with van der Waals surface area (Å²) in [4.78, 5) is 24.4. The van der Waals surface area contributed by atoms with Crippen LogP contribution in [0.2, 0.25) is 0 Å². The molecule has 1 aliphatic rings. The number of benzene rings is 2. The number of sulfonamides is 1. The zero-order chi connectivity index (χ0) is 22.3. The Kier molecular flexibility index (Phi) is 7.78. The Morgan fingerprint density at radius 2 is 1.74 bits per heavy atom. The van der Waals surface area contributed by atoms with Crippen LogP contribution >= 0.6 is 0 Å². The zero-order valence-corrected chi connectivity index (χ0v) is 18.0. The number of nitrogens with one attached hydrogen (secondary N) is 1. The average molecular weight is 448 g/mol. The maximum Gasteiger partial charge on any atom is 0.338 e. The molecule has 3 rings (SSSR count). The van der Waals surface area contributed by atoms with Crippen molar-refractivity contribution in [2.45, 2.75) is 30.8 Å². The highest BCUT2D eigenvalue weighted by Gasteiger charge is 2.21. The van der Waals surface area contributed by atoms with E-state index in [2.05, 4.69) is 4.72 Å². The van der Waals surface area contributed by atoms with Gasteiger partial charge in [-0.25, -0.2) is 17.9 Å². The van der Waals surface area contributed by atoms with E-state index in [-0.39, 0.29) is 28.9 Å². The zero-order valence-electron chi connectivity index (χ0n) is 17.2. The summed E-state index contributed by atoms with van der Waals surface area (Å²) in [6.07, 6.45) is 1.63. The lowest BCUT2D eigenvalue weighted by Crippen LogP contribution is -2.31. The SMILES string of the molecule is CCOc1ccc(C(=O)COC(=O)c2ccc(S(=O)(=O)NCC3CCCO3)cc2)cc1. The highest BCUT2D eigenvalue weighted by molar-refractivity contribution is 7.89. The fraction of sp³-hybridized carbons (Fsp3) is 0.364. The maximum atomic E-state index is 12.4. The molecule has 0 amide bonds. The minimum atomic E-state index is -3.71. The normalized spacial score (nSPS) is 16.1. The van der Waals surface area contributed by atoms with Gasteiger partial charge in [-0.3, -0.25) is 4.79 Å². The number of rotatable bonds is 10. The highest BCUT2D eigenvalue weighted by Crippen LogP contribution is 2.15. The summed E-state index contributed by atoms with van der Waals surface area (Å²) < 4.78 is 43.0. The topological polar surface area (TPSA) is 108 Å². The molecule has 0 bridgehead atoms. The Balaban J connectivity index is 1.52. The van der Waals surface area contributed by atoms with Crippen molar-refractivity contribution in [3.63, 3.8) is 0 Å². The number of hydrogen-bond acceptors (Lipinski definition) is 7. The summed E-state index contributed by atoms with van der Waals surface area (Å²) in [7, 11) is -3.71. The predicted molar refractivity (Wildman–Crippen MR) is 113 cm³/mol. The van der Waals surface area contributed by atoms with Gasteiger partial charge in [-0.2, -0.15) is 0 Å². The third-order valence-electron chi connectivity index (χ3n) is 4.75. The second kappa shape index (κ2) is 10.5. The van der Waals surface area contributed by atoms with Crippen molar-refractivity contribution in [2.24, 2.45) is 0 Å². The van der Waals surface area contributed by atoms with Gasteiger partial charge < -0.3 is 14.2 Å². The molecular weight excluding hydrogens is 422 g/mol. The summed E-state index contributed by atoms with van der Waals surface area (Å²) in [6, 6.07) is 11.9. The van der Waals surface area contributed by atoms with Crippen LogP contribution < -0.4 is 9.46 Å². The Labute approximate surface area is 181 Å². The summed E-state index contributed by atoms with van der Waals surface area (Å²) in [5.74, 6) is -0.416. The molecular formula is C22H25NO7S. The first kappa shape index (κ1) is 22.9. The van der Waals surface area contributed by atoms with E-state index in [1.54, 1.807) is 24.3 Å². The van der Waals surface area contributed by atoms with Crippen LogP contribution in [0.5, 0.6) is 5.75 Å². The van der Waals surface area contributed by atoms with Crippen molar-refractivity contribution in [3.8, 4) is 5.75 Å². The van der Waals surface area contributed by atoms with Gasteiger partial charge in [0.15, 0.2) is 12.4 Å². The summed E-state index contributed by atoms with van der Waals surface area (Å²) in [6.45, 7) is 2.82. The Hall–Kier alpha value is -2.75. The molecule has 0 spiro atoms. The first-order chi connectivity index (χ1) is 14.9. The van der Waals surface area contributed by atoms with Gasteiger partial charge in [0.1, 0.15) is 5.75 Å². The lowest BCUT2D eigenvalue weighted by Gasteiger charge is -2.11. The molecule has 9 heteroatoms. The molecule has 2 aromatic rings. The minimum Gasteiger partial charge on any atom is -0.494 e. The van der Waals surface area contributed by atoms with Crippen LogP contribution in [-0.2, 0) is 19.5 Å². The summed E-state index contributed by atoms with van der Waals surface area (Å²) in [5.41, 5.74) is 0.549. The second-order valence-electron chi connectivity index (χ2n) is 6.97. The van der Waals surface area contributed by atoms with Crippen molar-refractivity contribution in [1.82, 2.24) is 4.72 Å².